The molecule has 0 saturated heterocycles. The number of hydrogen-bond donors (Lipinski definition) is 1. The average molecular weight is 364 g/mol. The second-order valence-electron chi connectivity index (χ2n) is 6.08. The number of carboxylic acid groups (broad SMARTS) is 1. The number of aromatic carboxylic acids is 1. The molecule has 0 spiro atoms. The SMILES string of the molecule is O=C(Cn1nc(C(=O)[O-])c2ccccc2c1=O)NCCCc1ccccc1. The lowest BCUT2D eigenvalue weighted by Gasteiger charge is -2.11. The molecule has 0 aliphatic carbocycles. The zero-order chi connectivity index (χ0) is 19.2. The molecule has 0 aliphatic heterocycles. The molecule has 3 aromatic rings. The zero-order valence-corrected chi connectivity index (χ0v) is 14.6. The van der Waals surface area contributed by atoms with Gasteiger partial charge in [0, 0.05) is 11.9 Å². The lowest BCUT2D eigenvalue weighted by Crippen LogP contribution is -2.36. The number of benzene rings is 2. The number of rotatable bonds is 7. The highest BCUT2D eigenvalue weighted by molar-refractivity contribution is 6.00. The van der Waals surface area contributed by atoms with Gasteiger partial charge in [-0.15, -0.1) is 0 Å². The molecule has 7 nitrogen and oxygen atoms in total. The summed E-state index contributed by atoms with van der Waals surface area (Å²) in [6.45, 7) is 0.0959. The van der Waals surface area contributed by atoms with Crippen molar-refractivity contribution >= 4 is 22.6 Å². The molecule has 0 aliphatic rings. The third-order valence-corrected chi connectivity index (χ3v) is 4.16. The summed E-state index contributed by atoms with van der Waals surface area (Å²) in [7, 11) is 0. The normalized spacial score (nSPS) is 10.7. The van der Waals surface area contributed by atoms with Crippen LogP contribution in [0, 0.1) is 0 Å². The number of aromatic nitrogens is 2. The van der Waals surface area contributed by atoms with Crippen molar-refractivity contribution in [2.24, 2.45) is 0 Å². The van der Waals surface area contributed by atoms with Crippen molar-refractivity contribution in [3.05, 3.63) is 76.2 Å². The molecular weight excluding hydrogens is 346 g/mol. The van der Waals surface area contributed by atoms with Gasteiger partial charge >= 0.3 is 0 Å². The van der Waals surface area contributed by atoms with Gasteiger partial charge < -0.3 is 15.2 Å². The maximum atomic E-state index is 12.5. The molecule has 7 heteroatoms. The second-order valence-corrected chi connectivity index (χ2v) is 6.08. The first-order valence-corrected chi connectivity index (χ1v) is 8.58. The first-order valence-electron chi connectivity index (χ1n) is 8.58. The Balaban J connectivity index is 1.67. The van der Waals surface area contributed by atoms with E-state index in [2.05, 4.69) is 10.4 Å². The summed E-state index contributed by atoms with van der Waals surface area (Å²) in [5.41, 5.74) is 0.301. The molecular formula is C20H18N3O4-. The number of aryl methyl sites for hydroxylation is 1. The summed E-state index contributed by atoms with van der Waals surface area (Å²) in [6.07, 6.45) is 1.57. The molecule has 0 saturated carbocycles. The molecule has 0 unspecified atom stereocenters. The van der Waals surface area contributed by atoms with E-state index in [4.69, 9.17) is 0 Å². The third kappa shape index (κ3) is 4.38. The molecule has 0 fully saturated rings. The van der Waals surface area contributed by atoms with E-state index in [1.165, 1.54) is 17.7 Å². The van der Waals surface area contributed by atoms with Crippen molar-refractivity contribution < 1.29 is 14.7 Å². The lowest BCUT2D eigenvalue weighted by atomic mass is 10.1. The number of carbonyl (C=O) groups excluding carboxylic acids is 2. The average Bonchev–Trinajstić information content (AvgIpc) is 2.68. The van der Waals surface area contributed by atoms with Crippen LogP contribution in [0.3, 0.4) is 0 Å². The van der Waals surface area contributed by atoms with Crippen LogP contribution in [0.25, 0.3) is 10.8 Å². The van der Waals surface area contributed by atoms with Crippen molar-refractivity contribution in [1.29, 1.82) is 0 Å². The summed E-state index contributed by atoms with van der Waals surface area (Å²) >= 11 is 0. The highest BCUT2D eigenvalue weighted by Gasteiger charge is 2.13. The summed E-state index contributed by atoms with van der Waals surface area (Å²) in [5, 5.41) is 18.2. The van der Waals surface area contributed by atoms with E-state index in [9.17, 15) is 19.5 Å². The Hall–Kier alpha value is -3.48. The van der Waals surface area contributed by atoms with Crippen molar-refractivity contribution in [2.45, 2.75) is 19.4 Å². The van der Waals surface area contributed by atoms with Gasteiger partial charge in [-0.05, 0) is 24.5 Å². The number of hydrogen-bond acceptors (Lipinski definition) is 5. The van der Waals surface area contributed by atoms with Crippen LogP contribution in [0.4, 0.5) is 0 Å². The molecule has 27 heavy (non-hydrogen) atoms. The van der Waals surface area contributed by atoms with E-state index in [1.54, 1.807) is 12.1 Å². The minimum atomic E-state index is -1.50. The van der Waals surface area contributed by atoms with Crippen LogP contribution < -0.4 is 16.0 Å². The van der Waals surface area contributed by atoms with Gasteiger partial charge in [0.25, 0.3) is 5.56 Å². The molecule has 0 bridgehead atoms. The van der Waals surface area contributed by atoms with E-state index in [0.717, 1.165) is 17.5 Å². The van der Waals surface area contributed by atoms with Gasteiger partial charge in [-0.3, -0.25) is 9.59 Å². The van der Waals surface area contributed by atoms with Crippen molar-refractivity contribution in [1.82, 2.24) is 15.1 Å². The molecule has 138 valence electrons. The number of nitrogens with zero attached hydrogens (tertiary/aromatic N) is 2. The Morgan fingerprint density at radius 3 is 2.37 bits per heavy atom. The monoisotopic (exact) mass is 364 g/mol. The standard InChI is InChI=1S/C20H19N3O4/c24-17(21-12-6-9-14-7-2-1-3-8-14)13-23-19(25)16-11-5-4-10-15(16)18(22-23)20(26)27/h1-5,7-8,10-11H,6,9,12-13H2,(H,21,24)(H,26,27)/p-1. The molecule has 0 radical (unpaired) electrons. The molecule has 0 atom stereocenters. The summed E-state index contributed by atoms with van der Waals surface area (Å²) in [5.74, 6) is -1.90. The van der Waals surface area contributed by atoms with Gasteiger partial charge in [0.05, 0.1) is 11.4 Å². The van der Waals surface area contributed by atoms with Crippen LogP contribution in [-0.2, 0) is 17.8 Å². The maximum absolute atomic E-state index is 12.5. The van der Waals surface area contributed by atoms with Crippen molar-refractivity contribution in [2.75, 3.05) is 6.54 Å². The fourth-order valence-corrected chi connectivity index (χ4v) is 2.85. The summed E-state index contributed by atoms with van der Waals surface area (Å²) in [4.78, 5) is 35.9. The van der Waals surface area contributed by atoms with Crippen LogP contribution in [-0.4, -0.2) is 28.2 Å². The number of nitrogens with one attached hydrogen (secondary N) is 1. The summed E-state index contributed by atoms with van der Waals surface area (Å²) < 4.78 is 0.861. The number of carboxylic acids is 1. The van der Waals surface area contributed by atoms with Crippen LogP contribution >= 0.6 is 0 Å². The van der Waals surface area contributed by atoms with Crippen LogP contribution in [0.1, 0.15) is 22.5 Å². The minimum absolute atomic E-state index is 0.184. The molecule has 1 N–H and O–H groups in total. The predicted molar refractivity (Wildman–Crippen MR) is 98.1 cm³/mol. The quantitative estimate of drug-likeness (QED) is 0.615. The first-order chi connectivity index (χ1) is 13.1. The molecule has 2 aromatic carbocycles. The van der Waals surface area contributed by atoms with Crippen molar-refractivity contribution in [3.8, 4) is 0 Å². The fraction of sp³-hybridized carbons (Fsp3) is 0.200. The van der Waals surface area contributed by atoms with E-state index < -0.39 is 17.4 Å². The summed E-state index contributed by atoms with van der Waals surface area (Å²) in [6, 6.07) is 16.1. The topological polar surface area (TPSA) is 104 Å². The Morgan fingerprint density at radius 1 is 1.00 bits per heavy atom. The zero-order valence-electron chi connectivity index (χ0n) is 14.6. The molecule has 1 amide bonds. The lowest BCUT2D eigenvalue weighted by molar-refractivity contribution is -0.255. The van der Waals surface area contributed by atoms with Crippen LogP contribution in [0.5, 0.6) is 0 Å². The van der Waals surface area contributed by atoms with Gasteiger partial charge in [-0.25, -0.2) is 4.68 Å². The Kier molecular flexibility index (Phi) is 5.61. The predicted octanol–water partition coefficient (Wildman–Crippen LogP) is 0.509. The Labute approximate surface area is 155 Å². The first kappa shape index (κ1) is 18.3. The highest BCUT2D eigenvalue weighted by Crippen LogP contribution is 2.12. The van der Waals surface area contributed by atoms with Gasteiger partial charge in [0.2, 0.25) is 5.91 Å². The van der Waals surface area contributed by atoms with Crippen LogP contribution in [0.15, 0.2) is 59.4 Å². The van der Waals surface area contributed by atoms with Crippen molar-refractivity contribution in [3.63, 3.8) is 0 Å². The largest absolute Gasteiger partial charge is 0.543 e. The number of fused-ring (bicyclic) bond motifs is 1. The number of amides is 1. The van der Waals surface area contributed by atoms with E-state index in [-0.39, 0.29) is 23.0 Å². The van der Waals surface area contributed by atoms with E-state index >= 15 is 0 Å². The smallest absolute Gasteiger partial charge is 0.275 e. The Morgan fingerprint density at radius 2 is 1.67 bits per heavy atom. The van der Waals surface area contributed by atoms with Gasteiger partial charge in [0.1, 0.15) is 12.2 Å². The fourth-order valence-electron chi connectivity index (χ4n) is 2.85. The van der Waals surface area contributed by atoms with E-state index in [1.807, 2.05) is 30.3 Å². The van der Waals surface area contributed by atoms with E-state index in [0.29, 0.717) is 6.54 Å². The van der Waals surface area contributed by atoms with Gasteiger partial charge in [-0.2, -0.15) is 5.10 Å². The second kappa shape index (κ2) is 8.27. The minimum Gasteiger partial charge on any atom is -0.543 e. The number of carbonyl (C=O) groups is 2. The third-order valence-electron chi connectivity index (χ3n) is 4.16. The highest BCUT2D eigenvalue weighted by atomic mass is 16.4. The maximum Gasteiger partial charge on any atom is 0.275 e. The Bertz CT molecular complexity index is 1030. The van der Waals surface area contributed by atoms with Gasteiger partial charge in [0.15, 0.2) is 0 Å². The molecule has 1 aromatic heterocycles. The molecule has 1 heterocycles. The van der Waals surface area contributed by atoms with Crippen LogP contribution in [0.2, 0.25) is 0 Å². The van der Waals surface area contributed by atoms with Gasteiger partial charge in [-0.1, -0.05) is 48.5 Å². The molecule has 3 rings (SSSR count).